The Morgan fingerprint density at radius 1 is 0.903 bits per heavy atom. The van der Waals surface area contributed by atoms with Gasteiger partial charge in [-0.1, -0.05) is 6.07 Å². The highest BCUT2D eigenvalue weighted by atomic mass is 16.7. The van der Waals surface area contributed by atoms with Gasteiger partial charge in [-0.15, -0.1) is 0 Å². The molecule has 0 spiro atoms. The van der Waals surface area contributed by atoms with E-state index in [1.54, 1.807) is 0 Å². The van der Waals surface area contributed by atoms with E-state index in [9.17, 15) is 40.5 Å². The molecule has 0 radical (unpaired) electrons. The van der Waals surface area contributed by atoms with Crippen LogP contribution in [0.15, 0.2) is 36.4 Å². The van der Waals surface area contributed by atoms with Gasteiger partial charge < -0.3 is 50.0 Å². The molecule has 0 unspecified atom stereocenters. The number of phenols is 3. The molecule has 0 aromatic heterocycles. The Bertz CT molecular complexity index is 929. The van der Waals surface area contributed by atoms with Crippen LogP contribution in [0.1, 0.15) is 15.9 Å². The Labute approximate surface area is 175 Å². The molecule has 1 heterocycles. The van der Waals surface area contributed by atoms with Crippen LogP contribution >= 0.6 is 0 Å². The number of carbonyl (C=O) groups excluding carboxylic acids is 1. The Morgan fingerprint density at radius 3 is 2.29 bits per heavy atom. The number of hydrogen-bond acceptors (Lipinski definition) is 11. The van der Waals surface area contributed by atoms with Crippen molar-refractivity contribution in [2.75, 3.05) is 6.61 Å². The Hall–Kier alpha value is -3.09. The van der Waals surface area contributed by atoms with E-state index in [1.165, 1.54) is 24.3 Å². The van der Waals surface area contributed by atoms with E-state index in [0.717, 1.165) is 12.1 Å². The van der Waals surface area contributed by atoms with E-state index >= 15 is 0 Å². The van der Waals surface area contributed by atoms with Gasteiger partial charge in [0.25, 0.3) is 0 Å². The number of rotatable bonds is 6. The molecule has 1 aliphatic rings. The van der Waals surface area contributed by atoms with Crippen molar-refractivity contribution in [2.45, 2.75) is 37.3 Å². The zero-order valence-electron chi connectivity index (χ0n) is 16.0. The number of carbonyl (C=O) groups is 1. The van der Waals surface area contributed by atoms with Gasteiger partial charge in [0.2, 0.25) is 6.29 Å². The lowest BCUT2D eigenvalue weighted by molar-refractivity contribution is -0.277. The van der Waals surface area contributed by atoms with Gasteiger partial charge in [-0.05, 0) is 35.9 Å². The van der Waals surface area contributed by atoms with Crippen LogP contribution in [0.2, 0.25) is 0 Å². The monoisotopic (exact) mass is 438 g/mol. The minimum atomic E-state index is -1.64. The van der Waals surface area contributed by atoms with Crippen molar-refractivity contribution in [2.24, 2.45) is 0 Å². The number of hydrogen-bond donors (Lipinski definition) is 7. The highest BCUT2D eigenvalue weighted by molar-refractivity contribution is 5.90. The smallest absolute Gasteiger partial charge is 0.338 e. The molecule has 11 heteroatoms. The van der Waals surface area contributed by atoms with Crippen LogP contribution in [0.25, 0.3) is 0 Å². The van der Waals surface area contributed by atoms with Crippen LogP contribution in [0.5, 0.6) is 23.0 Å². The standard InChI is InChI=1S/C20H22O11/c21-7-15-16(25)17(26)18(27)20(31-15)30-14-4-1-9(5-13(14)24)8-29-19(28)10-2-3-11(22)12(23)6-10/h1-6,15-18,20-27H,7-8H2/t15-,16-,17+,18-,20-/m0/s1. The second kappa shape index (κ2) is 9.37. The van der Waals surface area contributed by atoms with Crippen molar-refractivity contribution >= 4 is 5.97 Å². The minimum Gasteiger partial charge on any atom is -0.504 e. The average Bonchev–Trinajstić information content (AvgIpc) is 2.75. The van der Waals surface area contributed by atoms with Gasteiger partial charge in [0, 0.05) is 0 Å². The van der Waals surface area contributed by atoms with Crippen molar-refractivity contribution in [3.63, 3.8) is 0 Å². The summed E-state index contributed by atoms with van der Waals surface area (Å²) < 4.78 is 15.7. The molecule has 1 aliphatic heterocycles. The molecule has 7 N–H and O–H groups in total. The van der Waals surface area contributed by atoms with E-state index in [2.05, 4.69) is 0 Å². The molecular formula is C20H22O11. The second-order valence-electron chi connectivity index (χ2n) is 6.90. The topological polar surface area (TPSA) is 186 Å². The summed E-state index contributed by atoms with van der Waals surface area (Å²) >= 11 is 0. The first-order valence-electron chi connectivity index (χ1n) is 9.19. The molecule has 2 aromatic carbocycles. The van der Waals surface area contributed by atoms with Crippen LogP contribution in [0.3, 0.4) is 0 Å². The molecule has 168 valence electrons. The van der Waals surface area contributed by atoms with Crippen LogP contribution in [-0.4, -0.2) is 79.0 Å². The number of aliphatic hydroxyl groups is 4. The summed E-state index contributed by atoms with van der Waals surface area (Å²) in [5.41, 5.74) is 0.400. The average molecular weight is 438 g/mol. The van der Waals surface area contributed by atoms with Gasteiger partial charge in [0.1, 0.15) is 31.0 Å². The summed E-state index contributed by atoms with van der Waals surface area (Å²) in [6.07, 6.45) is -7.44. The van der Waals surface area contributed by atoms with E-state index in [0.29, 0.717) is 5.56 Å². The first-order chi connectivity index (χ1) is 14.7. The molecule has 31 heavy (non-hydrogen) atoms. The lowest BCUT2D eigenvalue weighted by atomic mass is 9.99. The Balaban J connectivity index is 1.63. The van der Waals surface area contributed by atoms with E-state index < -0.39 is 49.0 Å². The van der Waals surface area contributed by atoms with Gasteiger partial charge in [0.05, 0.1) is 12.2 Å². The third-order valence-electron chi connectivity index (χ3n) is 4.70. The van der Waals surface area contributed by atoms with Crippen LogP contribution < -0.4 is 4.74 Å². The van der Waals surface area contributed by atoms with Crippen molar-refractivity contribution in [1.82, 2.24) is 0 Å². The van der Waals surface area contributed by atoms with Crippen molar-refractivity contribution < 1.29 is 54.8 Å². The highest BCUT2D eigenvalue weighted by Crippen LogP contribution is 2.31. The molecule has 3 rings (SSSR count). The molecule has 0 bridgehead atoms. The zero-order chi connectivity index (χ0) is 22.7. The summed E-state index contributed by atoms with van der Waals surface area (Å²) in [5, 5.41) is 67.7. The van der Waals surface area contributed by atoms with Crippen molar-refractivity contribution in [1.29, 1.82) is 0 Å². The zero-order valence-corrected chi connectivity index (χ0v) is 16.0. The lowest BCUT2D eigenvalue weighted by Crippen LogP contribution is -2.60. The maximum Gasteiger partial charge on any atom is 0.338 e. The normalized spacial score (nSPS) is 25.7. The third-order valence-corrected chi connectivity index (χ3v) is 4.70. The molecule has 2 aromatic rings. The Kier molecular flexibility index (Phi) is 6.83. The lowest BCUT2D eigenvalue weighted by Gasteiger charge is -2.39. The third kappa shape index (κ3) is 4.98. The summed E-state index contributed by atoms with van der Waals surface area (Å²) in [5.74, 6) is -2.12. The first kappa shape index (κ1) is 22.6. The van der Waals surface area contributed by atoms with Crippen LogP contribution in [0, 0.1) is 0 Å². The van der Waals surface area contributed by atoms with E-state index in [1.807, 2.05) is 0 Å². The van der Waals surface area contributed by atoms with E-state index in [-0.39, 0.29) is 29.4 Å². The van der Waals surface area contributed by atoms with E-state index in [4.69, 9.17) is 14.2 Å². The van der Waals surface area contributed by atoms with Gasteiger partial charge in [-0.2, -0.15) is 0 Å². The van der Waals surface area contributed by atoms with Crippen LogP contribution in [-0.2, 0) is 16.1 Å². The quantitative estimate of drug-likeness (QED) is 0.224. The fourth-order valence-electron chi connectivity index (χ4n) is 2.92. The second-order valence-corrected chi connectivity index (χ2v) is 6.90. The summed E-state index contributed by atoms with van der Waals surface area (Å²) in [4.78, 5) is 12.0. The molecule has 1 saturated heterocycles. The summed E-state index contributed by atoms with van der Waals surface area (Å²) in [6, 6.07) is 7.47. The first-order valence-corrected chi connectivity index (χ1v) is 9.19. The number of benzene rings is 2. The number of phenolic OH excluding ortho intramolecular Hbond substituents is 3. The molecule has 5 atom stereocenters. The van der Waals surface area contributed by atoms with Crippen molar-refractivity contribution in [3.05, 3.63) is 47.5 Å². The maximum absolute atomic E-state index is 12.0. The van der Waals surface area contributed by atoms with Gasteiger partial charge in [-0.25, -0.2) is 4.79 Å². The largest absolute Gasteiger partial charge is 0.504 e. The molecular weight excluding hydrogens is 416 g/mol. The number of esters is 1. The molecule has 1 fully saturated rings. The summed E-state index contributed by atoms with van der Waals surface area (Å²) in [7, 11) is 0. The highest BCUT2D eigenvalue weighted by Gasteiger charge is 2.44. The maximum atomic E-state index is 12.0. The Morgan fingerprint density at radius 2 is 1.65 bits per heavy atom. The van der Waals surface area contributed by atoms with Crippen molar-refractivity contribution in [3.8, 4) is 23.0 Å². The fraction of sp³-hybridized carbons (Fsp3) is 0.350. The molecule has 11 nitrogen and oxygen atoms in total. The number of aromatic hydroxyl groups is 3. The fourth-order valence-corrected chi connectivity index (χ4v) is 2.92. The molecule has 0 aliphatic carbocycles. The predicted octanol–water partition coefficient (Wildman–Crippen LogP) is -0.661. The molecule has 0 saturated carbocycles. The summed E-state index contributed by atoms with van der Waals surface area (Å²) in [6.45, 7) is -0.853. The predicted molar refractivity (Wildman–Crippen MR) is 101 cm³/mol. The SMILES string of the molecule is O=C(OCc1ccc(O[C@H]2O[C@@H](CO)[C@H](O)[C@@H](O)[C@@H]2O)c(O)c1)c1ccc(O)c(O)c1. The minimum absolute atomic E-state index is 0.0158. The van der Waals surface area contributed by atoms with Gasteiger partial charge in [0.15, 0.2) is 23.0 Å². The van der Waals surface area contributed by atoms with Gasteiger partial charge in [-0.3, -0.25) is 0 Å². The van der Waals surface area contributed by atoms with Crippen LogP contribution in [0.4, 0.5) is 0 Å². The number of ether oxygens (including phenoxy) is 3. The molecule has 0 amide bonds. The van der Waals surface area contributed by atoms with Gasteiger partial charge >= 0.3 is 5.97 Å². The number of aliphatic hydroxyl groups excluding tert-OH is 4.